The minimum absolute atomic E-state index is 0.219. The van der Waals surface area contributed by atoms with Crippen LogP contribution in [0.15, 0.2) is 41.3 Å². The van der Waals surface area contributed by atoms with Crippen LogP contribution in [-0.2, 0) is 10.0 Å². The van der Waals surface area contributed by atoms with Gasteiger partial charge in [-0.2, -0.15) is 0 Å². The molecule has 2 aromatic rings. The normalized spacial score (nSPS) is 11.2. The van der Waals surface area contributed by atoms with Crippen molar-refractivity contribution in [1.82, 2.24) is 0 Å². The first-order chi connectivity index (χ1) is 10.2. The molecule has 0 saturated heterocycles. The number of aryl methyl sites for hydroxylation is 1. The number of carbonyl (C=O) groups is 1. The number of carboxylic acids is 1. The maximum Gasteiger partial charge on any atom is 0.338 e. The summed E-state index contributed by atoms with van der Waals surface area (Å²) in [6, 6.07) is 7.11. The number of benzene rings is 2. The summed E-state index contributed by atoms with van der Waals surface area (Å²) in [4.78, 5) is 10.5. The topological polar surface area (TPSA) is 83.5 Å². The number of hydrogen-bond donors (Lipinski definition) is 2. The number of hydrogen-bond acceptors (Lipinski definition) is 3. The first kappa shape index (κ1) is 16.3. The van der Waals surface area contributed by atoms with E-state index in [0.29, 0.717) is 5.02 Å². The van der Waals surface area contributed by atoms with E-state index in [9.17, 15) is 17.6 Å². The third kappa shape index (κ3) is 3.37. The molecule has 0 heterocycles. The average Bonchev–Trinajstić information content (AvgIpc) is 2.42. The summed E-state index contributed by atoms with van der Waals surface area (Å²) >= 11 is 5.91. The second-order valence-corrected chi connectivity index (χ2v) is 6.61. The van der Waals surface area contributed by atoms with Crippen LogP contribution in [-0.4, -0.2) is 19.5 Å². The molecule has 0 fully saturated rings. The van der Waals surface area contributed by atoms with Crippen LogP contribution in [0.5, 0.6) is 0 Å². The third-order valence-electron chi connectivity index (χ3n) is 2.90. The van der Waals surface area contributed by atoms with Gasteiger partial charge in [0, 0.05) is 5.02 Å². The zero-order valence-electron chi connectivity index (χ0n) is 11.3. The number of halogens is 2. The van der Waals surface area contributed by atoms with Crippen LogP contribution in [0.2, 0.25) is 5.02 Å². The molecule has 0 atom stereocenters. The molecule has 5 nitrogen and oxygen atoms in total. The lowest BCUT2D eigenvalue weighted by Crippen LogP contribution is -2.14. The third-order valence-corrected chi connectivity index (χ3v) is 4.69. The molecule has 0 amide bonds. The van der Waals surface area contributed by atoms with Crippen LogP contribution >= 0.6 is 11.6 Å². The van der Waals surface area contributed by atoms with E-state index in [1.54, 1.807) is 13.0 Å². The first-order valence-corrected chi connectivity index (χ1v) is 7.88. The summed E-state index contributed by atoms with van der Waals surface area (Å²) in [5.74, 6) is -2.56. The molecule has 0 radical (unpaired) electrons. The van der Waals surface area contributed by atoms with Gasteiger partial charge in [-0.15, -0.1) is 0 Å². The van der Waals surface area contributed by atoms with Crippen LogP contribution < -0.4 is 4.72 Å². The summed E-state index contributed by atoms with van der Waals surface area (Å²) in [6.45, 7) is 1.76. The SMILES string of the molecule is Cc1ccc(NS(=O)(=O)c2ccc(F)c(C(=O)O)c2)cc1Cl. The fraction of sp³-hybridized carbons (Fsp3) is 0.0714. The standard InChI is InChI=1S/C14H11ClFNO4S/c1-8-2-3-9(6-12(8)15)17-22(20,21)10-4-5-13(16)11(7-10)14(18)19/h2-7,17H,1H3,(H,18,19). The van der Waals surface area contributed by atoms with E-state index in [1.807, 2.05) is 0 Å². The Morgan fingerprint density at radius 2 is 1.91 bits per heavy atom. The molecule has 0 saturated carbocycles. The van der Waals surface area contributed by atoms with Crippen molar-refractivity contribution in [2.24, 2.45) is 0 Å². The highest BCUT2D eigenvalue weighted by atomic mass is 35.5. The highest BCUT2D eigenvalue weighted by Crippen LogP contribution is 2.23. The zero-order chi connectivity index (χ0) is 16.5. The molecule has 2 N–H and O–H groups in total. The van der Waals surface area contributed by atoms with Gasteiger partial charge in [-0.05, 0) is 42.8 Å². The molecular weight excluding hydrogens is 333 g/mol. The molecule has 0 aliphatic rings. The van der Waals surface area contributed by atoms with Crippen molar-refractivity contribution in [2.45, 2.75) is 11.8 Å². The number of sulfonamides is 1. The Balaban J connectivity index is 2.40. The number of aromatic carboxylic acids is 1. The summed E-state index contributed by atoms with van der Waals surface area (Å²) < 4.78 is 40.0. The summed E-state index contributed by atoms with van der Waals surface area (Å²) in [5, 5.41) is 9.22. The predicted molar refractivity (Wildman–Crippen MR) is 80.4 cm³/mol. The molecule has 2 rings (SSSR count). The van der Waals surface area contributed by atoms with Gasteiger partial charge in [-0.25, -0.2) is 17.6 Å². The molecule has 0 unspecified atom stereocenters. The van der Waals surface area contributed by atoms with Crippen molar-refractivity contribution >= 4 is 33.3 Å². The van der Waals surface area contributed by atoms with Crippen LogP contribution in [0.1, 0.15) is 15.9 Å². The van der Waals surface area contributed by atoms with E-state index < -0.39 is 27.4 Å². The summed E-state index contributed by atoms with van der Waals surface area (Å²) in [7, 11) is -4.05. The molecule has 116 valence electrons. The van der Waals surface area contributed by atoms with Gasteiger partial charge in [0.15, 0.2) is 0 Å². The van der Waals surface area contributed by atoms with Gasteiger partial charge in [0.1, 0.15) is 5.82 Å². The summed E-state index contributed by atoms with van der Waals surface area (Å²) in [6.07, 6.45) is 0. The fourth-order valence-corrected chi connectivity index (χ4v) is 2.96. The number of anilines is 1. The van der Waals surface area contributed by atoms with Gasteiger partial charge in [0.2, 0.25) is 0 Å². The van der Waals surface area contributed by atoms with E-state index in [2.05, 4.69) is 4.72 Å². The Labute approximate surface area is 131 Å². The Bertz CT molecular complexity index is 852. The minimum Gasteiger partial charge on any atom is -0.478 e. The second kappa shape index (κ2) is 5.94. The van der Waals surface area contributed by atoms with Gasteiger partial charge in [-0.3, -0.25) is 4.72 Å². The highest BCUT2D eigenvalue weighted by Gasteiger charge is 2.19. The second-order valence-electron chi connectivity index (χ2n) is 4.52. The quantitative estimate of drug-likeness (QED) is 0.892. The van der Waals surface area contributed by atoms with Crippen molar-refractivity contribution in [2.75, 3.05) is 4.72 Å². The van der Waals surface area contributed by atoms with Crippen molar-refractivity contribution in [1.29, 1.82) is 0 Å². The Hall–Kier alpha value is -2.12. The number of carboxylic acid groups (broad SMARTS) is 1. The van der Waals surface area contributed by atoms with E-state index in [-0.39, 0.29) is 10.6 Å². The highest BCUT2D eigenvalue weighted by molar-refractivity contribution is 7.92. The Morgan fingerprint density at radius 3 is 2.50 bits per heavy atom. The lowest BCUT2D eigenvalue weighted by molar-refractivity contribution is 0.0691. The van der Waals surface area contributed by atoms with Crippen LogP contribution in [0.3, 0.4) is 0 Å². The Morgan fingerprint density at radius 1 is 1.23 bits per heavy atom. The maximum atomic E-state index is 13.3. The average molecular weight is 344 g/mol. The molecule has 0 spiro atoms. The molecule has 0 aliphatic heterocycles. The van der Waals surface area contributed by atoms with Crippen LogP contribution in [0.25, 0.3) is 0 Å². The fourth-order valence-electron chi connectivity index (χ4n) is 1.71. The van der Waals surface area contributed by atoms with E-state index in [4.69, 9.17) is 16.7 Å². The lowest BCUT2D eigenvalue weighted by Gasteiger charge is -2.10. The monoisotopic (exact) mass is 343 g/mol. The van der Waals surface area contributed by atoms with Crippen molar-refractivity contribution in [3.05, 3.63) is 58.4 Å². The van der Waals surface area contributed by atoms with Gasteiger partial charge in [-0.1, -0.05) is 17.7 Å². The molecule has 0 aliphatic carbocycles. The van der Waals surface area contributed by atoms with Crippen LogP contribution in [0.4, 0.5) is 10.1 Å². The Kier molecular flexibility index (Phi) is 4.39. The zero-order valence-corrected chi connectivity index (χ0v) is 12.9. The van der Waals surface area contributed by atoms with Gasteiger partial charge >= 0.3 is 5.97 Å². The van der Waals surface area contributed by atoms with Crippen molar-refractivity contribution in [3.63, 3.8) is 0 Å². The van der Waals surface area contributed by atoms with Gasteiger partial charge in [0.25, 0.3) is 10.0 Å². The first-order valence-electron chi connectivity index (χ1n) is 6.02. The van der Waals surface area contributed by atoms with Crippen molar-refractivity contribution < 1.29 is 22.7 Å². The largest absolute Gasteiger partial charge is 0.478 e. The van der Waals surface area contributed by atoms with Gasteiger partial charge < -0.3 is 5.11 Å². The van der Waals surface area contributed by atoms with E-state index in [0.717, 1.165) is 23.8 Å². The van der Waals surface area contributed by atoms with E-state index >= 15 is 0 Å². The molecule has 8 heteroatoms. The summed E-state index contributed by atoms with van der Waals surface area (Å²) in [5.41, 5.74) is 0.279. The molecule has 0 aromatic heterocycles. The number of nitrogens with one attached hydrogen (secondary N) is 1. The molecular formula is C14H11ClFNO4S. The molecule has 0 bridgehead atoms. The van der Waals surface area contributed by atoms with E-state index in [1.165, 1.54) is 12.1 Å². The number of rotatable bonds is 4. The van der Waals surface area contributed by atoms with Crippen LogP contribution in [0, 0.1) is 12.7 Å². The predicted octanol–water partition coefficient (Wildman–Crippen LogP) is 3.29. The minimum atomic E-state index is -4.05. The molecule has 2 aromatic carbocycles. The molecule has 22 heavy (non-hydrogen) atoms. The maximum absolute atomic E-state index is 13.3. The van der Waals surface area contributed by atoms with Crippen molar-refractivity contribution in [3.8, 4) is 0 Å². The van der Waals surface area contributed by atoms with Gasteiger partial charge in [0.05, 0.1) is 16.1 Å². The lowest BCUT2D eigenvalue weighted by atomic mass is 10.2. The smallest absolute Gasteiger partial charge is 0.338 e.